The van der Waals surface area contributed by atoms with Gasteiger partial charge in [0, 0.05) is 30.0 Å². The normalized spacial score (nSPS) is 21.1. The van der Waals surface area contributed by atoms with Crippen LogP contribution < -0.4 is 19.7 Å². The molecule has 1 aromatic heterocycles. The summed E-state index contributed by atoms with van der Waals surface area (Å²) in [4.78, 5) is 17.8. The van der Waals surface area contributed by atoms with Gasteiger partial charge in [0.1, 0.15) is 19.3 Å². The minimum atomic E-state index is -1.08. The summed E-state index contributed by atoms with van der Waals surface area (Å²) in [7, 11) is 0. The average molecular weight is 546 g/mol. The molecular weight excluding hydrogens is 517 g/mol. The van der Waals surface area contributed by atoms with Crippen LogP contribution in [0.1, 0.15) is 24.5 Å². The first-order valence-corrected chi connectivity index (χ1v) is 13.9. The number of fused-ring (bicyclic) bond motifs is 2. The lowest BCUT2D eigenvalue weighted by Crippen LogP contribution is -2.52. The summed E-state index contributed by atoms with van der Waals surface area (Å²) in [5.41, 5.74) is 1.44. The molecule has 6 rings (SSSR count). The molecular formula is C27H29ClFN3O4S. The number of halogens is 2. The SMILES string of the molecule is O=C(NC(CN1CCC1)C(O)c1cc(F)c2c(c1)OCCO2)C1CCN(c2ccc3cc(Cl)sc3c2)C1. The lowest BCUT2D eigenvalue weighted by molar-refractivity contribution is -0.126. The third-order valence-corrected chi connectivity index (χ3v) is 8.70. The van der Waals surface area contributed by atoms with E-state index in [-0.39, 0.29) is 29.9 Å². The highest BCUT2D eigenvalue weighted by atomic mass is 35.5. The minimum Gasteiger partial charge on any atom is -0.486 e. The van der Waals surface area contributed by atoms with Gasteiger partial charge in [-0.3, -0.25) is 4.79 Å². The molecule has 3 aliphatic heterocycles. The summed E-state index contributed by atoms with van der Waals surface area (Å²) in [5, 5.41) is 15.5. The maximum absolute atomic E-state index is 14.7. The summed E-state index contributed by atoms with van der Waals surface area (Å²) in [5.74, 6) is -0.518. The second-order valence-electron chi connectivity index (χ2n) is 9.95. The molecule has 0 bridgehead atoms. The van der Waals surface area contributed by atoms with Crippen LogP contribution in [-0.4, -0.2) is 67.9 Å². The van der Waals surface area contributed by atoms with Crippen LogP contribution in [0, 0.1) is 11.7 Å². The van der Waals surface area contributed by atoms with Crippen LogP contribution >= 0.6 is 22.9 Å². The van der Waals surface area contributed by atoms with E-state index in [1.165, 1.54) is 6.07 Å². The molecule has 3 atom stereocenters. The number of carbonyl (C=O) groups is 1. The third kappa shape index (κ3) is 5.10. The zero-order chi connectivity index (χ0) is 25.5. The zero-order valence-electron chi connectivity index (χ0n) is 20.3. The highest BCUT2D eigenvalue weighted by Gasteiger charge is 2.34. The summed E-state index contributed by atoms with van der Waals surface area (Å²) in [6, 6.07) is 10.5. The summed E-state index contributed by atoms with van der Waals surface area (Å²) >= 11 is 7.71. The summed E-state index contributed by atoms with van der Waals surface area (Å²) in [6.07, 6.45) is 0.728. The van der Waals surface area contributed by atoms with E-state index in [1.807, 2.05) is 6.07 Å². The van der Waals surface area contributed by atoms with Crippen LogP contribution in [0.3, 0.4) is 0 Å². The molecule has 0 aliphatic carbocycles. The number of aliphatic hydroxyl groups is 1. The molecule has 10 heteroatoms. The number of benzene rings is 2. The molecule has 2 N–H and O–H groups in total. The number of amides is 1. The second-order valence-corrected chi connectivity index (χ2v) is 11.7. The molecule has 2 aromatic carbocycles. The quantitative estimate of drug-likeness (QED) is 0.463. The lowest BCUT2D eigenvalue weighted by atomic mass is 9.98. The molecule has 0 radical (unpaired) electrons. The van der Waals surface area contributed by atoms with Gasteiger partial charge in [-0.05, 0) is 67.2 Å². The van der Waals surface area contributed by atoms with Gasteiger partial charge in [-0.15, -0.1) is 11.3 Å². The van der Waals surface area contributed by atoms with E-state index in [0.29, 0.717) is 25.3 Å². The monoisotopic (exact) mass is 545 g/mol. The number of ether oxygens (including phenoxy) is 2. The highest BCUT2D eigenvalue weighted by molar-refractivity contribution is 7.22. The molecule has 196 valence electrons. The Kier molecular flexibility index (Phi) is 6.88. The van der Waals surface area contributed by atoms with Gasteiger partial charge in [0.2, 0.25) is 5.91 Å². The molecule has 3 aliphatic rings. The molecule has 37 heavy (non-hydrogen) atoms. The maximum atomic E-state index is 14.7. The Labute approximate surface area is 223 Å². The highest BCUT2D eigenvalue weighted by Crippen LogP contribution is 2.37. The molecule has 0 saturated carbocycles. The average Bonchev–Trinajstić information content (AvgIpc) is 3.50. The first-order valence-electron chi connectivity index (χ1n) is 12.7. The predicted octanol–water partition coefficient (Wildman–Crippen LogP) is 4.22. The first-order chi connectivity index (χ1) is 17.9. The van der Waals surface area contributed by atoms with Crippen LogP contribution in [0.25, 0.3) is 10.1 Å². The largest absolute Gasteiger partial charge is 0.486 e. The van der Waals surface area contributed by atoms with E-state index in [9.17, 15) is 14.3 Å². The van der Waals surface area contributed by atoms with Crippen LogP contribution in [0.4, 0.5) is 10.1 Å². The molecule has 4 heterocycles. The van der Waals surface area contributed by atoms with Crippen molar-refractivity contribution >= 4 is 44.6 Å². The van der Waals surface area contributed by atoms with Gasteiger partial charge in [-0.25, -0.2) is 4.39 Å². The lowest BCUT2D eigenvalue weighted by Gasteiger charge is -2.36. The Balaban J connectivity index is 1.16. The first kappa shape index (κ1) is 24.7. The Morgan fingerprint density at radius 3 is 2.84 bits per heavy atom. The number of rotatable bonds is 7. The number of likely N-dealkylation sites (tertiary alicyclic amines) is 1. The number of carbonyl (C=O) groups excluding carboxylic acids is 1. The number of nitrogens with zero attached hydrogens (tertiary/aromatic N) is 2. The van der Waals surface area contributed by atoms with E-state index >= 15 is 0 Å². The van der Waals surface area contributed by atoms with Crippen molar-refractivity contribution in [1.82, 2.24) is 10.2 Å². The Morgan fingerprint density at radius 1 is 1.19 bits per heavy atom. The van der Waals surface area contributed by atoms with Crippen molar-refractivity contribution in [3.8, 4) is 11.5 Å². The van der Waals surface area contributed by atoms with Crippen molar-refractivity contribution in [3.05, 3.63) is 52.1 Å². The number of nitrogens with one attached hydrogen (secondary N) is 1. The number of anilines is 1. The van der Waals surface area contributed by atoms with Crippen LogP contribution in [0.2, 0.25) is 4.34 Å². The van der Waals surface area contributed by atoms with Crippen molar-refractivity contribution in [3.63, 3.8) is 0 Å². The van der Waals surface area contributed by atoms with Gasteiger partial charge in [-0.2, -0.15) is 0 Å². The fraction of sp³-hybridized carbons (Fsp3) is 0.444. The molecule has 2 fully saturated rings. The smallest absolute Gasteiger partial charge is 0.225 e. The molecule has 0 spiro atoms. The van der Waals surface area contributed by atoms with Gasteiger partial charge < -0.3 is 29.7 Å². The van der Waals surface area contributed by atoms with Gasteiger partial charge in [0.05, 0.1) is 16.3 Å². The predicted molar refractivity (Wildman–Crippen MR) is 142 cm³/mol. The summed E-state index contributed by atoms with van der Waals surface area (Å²) < 4.78 is 27.5. The Hall–Kier alpha value is -2.59. The van der Waals surface area contributed by atoms with Gasteiger partial charge in [0.15, 0.2) is 17.3 Å². The van der Waals surface area contributed by atoms with E-state index in [0.717, 1.165) is 52.6 Å². The Morgan fingerprint density at radius 2 is 2.03 bits per heavy atom. The van der Waals surface area contributed by atoms with Crippen LogP contribution in [0.5, 0.6) is 11.5 Å². The van der Waals surface area contributed by atoms with Gasteiger partial charge >= 0.3 is 0 Å². The van der Waals surface area contributed by atoms with E-state index in [1.54, 1.807) is 17.4 Å². The number of hydrogen-bond acceptors (Lipinski definition) is 7. The minimum absolute atomic E-state index is 0.0691. The van der Waals surface area contributed by atoms with Crippen LogP contribution in [-0.2, 0) is 4.79 Å². The van der Waals surface area contributed by atoms with Crippen molar-refractivity contribution in [2.24, 2.45) is 5.92 Å². The fourth-order valence-corrected chi connectivity index (χ4v) is 6.48. The number of thiophene rings is 1. The van der Waals surface area contributed by atoms with Crippen molar-refractivity contribution in [1.29, 1.82) is 0 Å². The number of aliphatic hydroxyl groups excluding tert-OH is 1. The van der Waals surface area contributed by atoms with Gasteiger partial charge in [0.25, 0.3) is 0 Å². The number of hydrogen-bond donors (Lipinski definition) is 2. The van der Waals surface area contributed by atoms with E-state index in [4.69, 9.17) is 21.1 Å². The molecule has 2 saturated heterocycles. The molecule has 7 nitrogen and oxygen atoms in total. The van der Waals surface area contributed by atoms with Gasteiger partial charge in [-0.1, -0.05) is 17.7 Å². The van der Waals surface area contributed by atoms with Crippen molar-refractivity contribution in [2.75, 3.05) is 50.8 Å². The van der Waals surface area contributed by atoms with Crippen molar-refractivity contribution < 1.29 is 23.8 Å². The van der Waals surface area contributed by atoms with Crippen molar-refractivity contribution in [2.45, 2.75) is 25.0 Å². The summed E-state index contributed by atoms with van der Waals surface area (Å²) in [6.45, 7) is 4.31. The van der Waals surface area contributed by atoms with E-state index in [2.05, 4.69) is 33.3 Å². The fourth-order valence-electron chi connectivity index (χ4n) is 5.29. The zero-order valence-corrected chi connectivity index (χ0v) is 21.9. The van der Waals surface area contributed by atoms with E-state index < -0.39 is 18.0 Å². The molecule has 1 amide bonds. The standard InChI is InChI=1S/C27H29ClFN3O4S/c28-24-12-16-2-3-19(13-23(16)37-24)32-7-4-17(14-32)27(34)30-21(15-31-5-1-6-31)25(33)18-10-20(29)26-22(11-18)35-8-9-36-26/h2-3,10-13,17,21,25,33H,1,4-9,14-15H2,(H,30,34). The van der Waals surface area contributed by atoms with Crippen LogP contribution in [0.15, 0.2) is 36.4 Å². The maximum Gasteiger partial charge on any atom is 0.225 e. The second kappa shape index (κ2) is 10.3. The topological polar surface area (TPSA) is 74.3 Å². The molecule has 3 aromatic rings. The third-order valence-electron chi connectivity index (χ3n) is 7.47. The Bertz CT molecular complexity index is 1320. The molecule has 3 unspecified atom stereocenters.